The molecular formula is C13H17NO3. The molecule has 1 aromatic carbocycles. The minimum absolute atomic E-state index is 0.203. The SMILES string of the molecule is O=C(O)C1(Cc2ccc(O)cc2)CCCCN1. The van der Waals surface area contributed by atoms with Crippen molar-refractivity contribution < 1.29 is 15.0 Å². The predicted molar refractivity (Wildman–Crippen MR) is 64.0 cm³/mol. The molecule has 4 nitrogen and oxygen atoms in total. The van der Waals surface area contributed by atoms with Gasteiger partial charge in [0.15, 0.2) is 0 Å². The van der Waals surface area contributed by atoms with E-state index in [1.54, 1.807) is 24.3 Å². The maximum absolute atomic E-state index is 11.4. The molecule has 1 aliphatic heterocycles. The second-order valence-corrected chi connectivity index (χ2v) is 4.61. The number of phenolic OH excluding ortho intramolecular Hbond substituents is 1. The van der Waals surface area contributed by atoms with Crippen LogP contribution in [0.1, 0.15) is 24.8 Å². The average molecular weight is 235 g/mol. The van der Waals surface area contributed by atoms with Crippen molar-refractivity contribution in [3.05, 3.63) is 29.8 Å². The van der Waals surface area contributed by atoms with Crippen LogP contribution in [-0.2, 0) is 11.2 Å². The minimum Gasteiger partial charge on any atom is -0.508 e. The molecule has 0 aliphatic carbocycles. The van der Waals surface area contributed by atoms with Gasteiger partial charge in [-0.1, -0.05) is 12.1 Å². The van der Waals surface area contributed by atoms with Gasteiger partial charge in [-0.25, -0.2) is 0 Å². The smallest absolute Gasteiger partial charge is 0.324 e. The first-order valence-corrected chi connectivity index (χ1v) is 5.89. The lowest BCUT2D eigenvalue weighted by Gasteiger charge is -2.34. The standard InChI is InChI=1S/C13H17NO3/c15-11-5-3-10(4-6-11)9-13(12(16)17)7-1-2-8-14-13/h3-6,14-15H,1-2,7-9H2,(H,16,17). The van der Waals surface area contributed by atoms with E-state index in [4.69, 9.17) is 0 Å². The van der Waals surface area contributed by atoms with E-state index in [1.807, 2.05) is 0 Å². The van der Waals surface area contributed by atoms with Crippen LogP contribution in [0.25, 0.3) is 0 Å². The molecule has 0 spiro atoms. The molecule has 0 amide bonds. The maximum atomic E-state index is 11.4. The van der Waals surface area contributed by atoms with E-state index in [0.717, 1.165) is 24.9 Å². The third-order valence-electron chi connectivity index (χ3n) is 3.35. The fourth-order valence-corrected chi connectivity index (χ4v) is 2.34. The molecule has 1 unspecified atom stereocenters. The first-order valence-electron chi connectivity index (χ1n) is 5.89. The van der Waals surface area contributed by atoms with Gasteiger partial charge < -0.3 is 15.5 Å². The van der Waals surface area contributed by atoms with Gasteiger partial charge in [0.05, 0.1) is 0 Å². The maximum Gasteiger partial charge on any atom is 0.324 e. The summed E-state index contributed by atoms with van der Waals surface area (Å²) in [6.45, 7) is 0.754. The van der Waals surface area contributed by atoms with Gasteiger partial charge in [-0.05, 0) is 43.5 Å². The van der Waals surface area contributed by atoms with Gasteiger partial charge in [-0.2, -0.15) is 0 Å². The molecule has 1 saturated heterocycles. The Labute approximate surface area is 100 Å². The Bertz CT molecular complexity index is 394. The van der Waals surface area contributed by atoms with Crippen molar-refractivity contribution in [2.45, 2.75) is 31.2 Å². The van der Waals surface area contributed by atoms with Crippen LogP contribution in [0.5, 0.6) is 5.75 Å². The van der Waals surface area contributed by atoms with E-state index in [-0.39, 0.29) is 5.75 Å². The molecule has 17 heavy (non-hydrogen) atoms. The van der Waals surface area contributed by atoms with Crippen molar-refractivity contribution in [1.29, 1.82) is 0 Å². The Morgan fingerprint density at radius 2 is 2.00 bits per heavy atom. The molecule has 0 bridgehead atoms. The fourth-order valence-electron chi connectivity index (χ4n) is 2.34. The molecule has 1 aromatic rings. The number of phenols is 1. The zero-order chi connectivity index (χ0) is 12.3. The van der Waals surface area contributed by atoms with Gasteiger partial charge in [0.1, 0.15) is 11.3 Å². The molecule has 92 valence electrons. The lowest BCUT2D eigenvalue weighted by Crippen LogP contribution is -2.56. The second-order valence-electron chi connectivity index (χ2n) is 4.61. The first-order chi connectivity index (χ1) is 8.12. The zero-order valence-electron chi connectivity index (χ0n) is 9.65. The summed E-state index contributed by atoms with van der Waals surface area (Å²) in [6, 6.07) is 6.73. The van der Waals surface area contributed by atoms with Crippen LogP contribution < -0.4 is 5.32 Å². The van der Waals surface area contributed by atoms with Crippen LogP contribution in [0, 0.1) is 0 Å². The van der Waals surface area contributed by atoms with Gasteiger partial charge in [0, 0.05) is 6.42 Å². The normalized spacial score (nSPS) is 24.5. The quantitative estimate of drug-likeness (QED) is 0.743. The van der Waals surface area contributed by atoms with Crippen LogP contribution in [0.4, 0.5) is 0 Å². The number of carboxylic acids is 1. The summed E-state index contributed by atoms with van der Waals surface area (Å²) in [5.41, 5.74) is 0.0921. The largest absolute Gasteiger partial charge is 0.508 e. The van der Waals surface area contributed by atoms with E-state index in [9.17, 15) is 15.0 Å². The van der Waals surface area contributed by atoms with Gasteiger partial charge >= 0.3 is 5.97 Å². The molecule has 1 fully saturated rings. The number of benzene rings is 1. The molecular weight excluding hydrogens is 218 g/mol. The summed E-state index contributed by atoms with van der Waals surface area (Å²) in [5.74, 6) is -0.583. The number of hydrogen-bond donors (Lipinski definition) is 3. The van der Waals surface area contributed by atoms with Gasteiger partial charge in [0.25, 0.3) is 0 Å². The van der Waals surface area contributed by atoms with E-state index >= 15 is 0 Å². The Balaban J connectivity index is 2.17. The second kappa shape index (κ2) is 4.75. The average Bonchev–Trinajstić information content (AvgIpc) is 2.33. The molecule has 2 rings (SSSR count). The molecule has 0 radical (unpaired) electrons. The topological polar surface area (TPSA) is 69.6 Å². The predicted octanol–water partition coefficient (Wildman–Crippen LogP) is 1.53. The summed E-state index contributed by atoms with van der Waals surface area (Å²) in [4.78, 5) is 11.4. The summed E-state index contributed by atoms with van der Waals surface area (Å²) < 4.78 is 0. The van der Waals surface area contributed by atoms with Crippen LogP contribution in [0.3, 0.4) is 0 Å². The zero-order valence-corrected chi connectivity index (χ0v) is 9.65. The number of aliphatic carboxylic acids is 1. The molecule has 1 atom stereocenters. The van der Waals surface area contributed by atoms with Crippen LogP contribution >= 0.6 is 0 Å². The first kappa shape index (κ1) is 11.9. The summed E-state index contributed by atoms with van der Waals surface area (Å²) in [7, 11) is 0. The number of aromatic hydroxyl groups is 1. The van der Waals surface area contributed by atoms with Crippen molar-refractivity contribution in [2.75, 3.05) is 6.54 Å². The lowest BCUT2D eigenvalue weighted by molar-refractivity contribution is -0.146. The van der Waals surface area contributed by atoms with Gasteiger partial charge in [-0.3, -0.25) is 4.79 Å². The Morgan fingerprint density at radius 1 is 1.29 bits per heavy atom. The molecule has 4 heteroatoms. The summed E-state index contributed by atoms with van der Waals surface area (Å²) >= 11 is 0. The number of carboxylic acid groups (broad SMARTS) is 1. The van der Waals surface area contributed by atoms with Crippen LogP contribution in [0.2, 0.25) is 0 Å². The Morgan fingerprint density at radius 3 is 2.53 bits per heavy atom. The minimum atomic E-state index is -0.838. The van der Waals surface area contributed by atoms with Crippen molar-refractivity contribution >= 4 is 5.97 Å². The summed E-state index contributed by atoms with van der Waals surface area (Å²) in [5, 5.41) is 21.7. The van der Waals surface area contributed by atoms with E-state index in [1.165, 1.54) is 0 Å². The monoisotopic (exact) mass is 235 g/mol. The number of rotatable bonds is 3. The molecule has 3 N–H and O–H groups in total. The van der Waals surface area contributed by atoms with Gasteiger partial charge in [0.2, 0.25) is 0 Å². The highest BCUT2D eigenvalue weighted by Crippen LogP contribution is 2.25. The van der Waals surface area contributed by atoms with E-state index in [0.29, 0.717) is 12.8 Å². The number of piperidine rings is 1. The van der Waals surface area contributed by atoms with Crippen LogP contribution in [-0.4, -0.2) is 28.3 Å². The Kier molecular flexibility index (Phi) is 3.33. The molecule has 0 saturated carbocycles. The lowest BCUT2D eigenvalue weighted by atomic mass is 9.83. The molecule has 0 aromatic heterocycles. The van der Waals surface area contributed by atoms with Crippen molar-refractivity contribution in [1.82, 2.24) is 5.32 Å². The molecule has 1 heterocycles. The van der Waals surface area contributed by atoms with Crippen molar-refractivity contribution in [2.24, 2.45) is 0 Å². The van der Waals surface area contributed by atoms with Gasteiger partial charge in [-0.15, -0.1) is 0 Å². The van der Waals surface area contributed by atoms with Crippen LogP contribution in [0.15, 0.2) is 24.3 Å². The highest BCUT2D eigenvalue weighted by atomic mass is 16.4. The highest BCUT2D eigenvalue weighted by molar-refractivity contribution is 5.79. The van der Waals surface area contributed by atoms with E-state index < -0.39 is 11.5 Å². The fraction of sp³-hybridized carbons (Fsp3) is 0.462. The summed E-state index contributed by atoms with van der Waals surface area (Å²) in [6.07, 6.45) is 3.09. The highest BCUT2D eigenvalue weighted by Gasteiger charge is 2.39. The van der Waals surface area contributed by atoms with E-state index in [2.05, 4.69) is 5.32 Å². The van der Waals surface area contributed by atoms with Crippen molar-refractivity contribution in [3.8, 4) is 5.75 Å². The third kappa shape index (κ3) is 2.58. The number of nitrogens with one attached hydrogen (secondary N) is 1. The van der Waals surface area contributed by atoms with Crippen molar-refractivity contribution in [3.63, 3.8) is 0 Å². The number of hydrogen-bond acceptors (Lipinski definition) is 3. The molecule has 1 aliphatic rings. The number of carbonyl (C=O) groups is 1. The third-order valence-corrected chi connectivity index (χ3v) is 3.35. The Hall–Kier alpha value is -1.55.